The summed E-state index contributed by atoms with van der Waals surface area (Å²) in [4.78, 5) is 20.1. The zero-order valence-electron chi connectivity index (χ0n) is 11.0. The lowest BCUT2D eigenvalue weighted by molar-refractivity contribution is -0.130. The molecular weight excluding hydrogens is 226 g/mol. The van der Waals surface area contributed by atoms with Gasteiger partial charge in [0.15, 0.2) is 0 Å². The number of likely N-dealkylation sites (N-methyl/N-ethyl adjacent to an activating group) is 1. The van der Waals surface area contributed by atoms with Crippen LogP contribution in [-0.2, 0) is 11.2 Å². The van der Waals surface area contributed by atoms with E-state index < -0.39 is 0 Å². The molecule has 18 heavy (non-hydrogen) atoms. The van der Waals surface area contributed by atoms with Crippen LogP contribution in [0, 0.1) is 0 Å². The van der Waals surface area contributed by atoms with Crippen molar-refractivity contribution in [3.63, 3.8) is 0 Å². The fourth-order valence-electron chi connectivity index (χ4n) is 2.22. The Hall–Kier alpha value is -1.42. The summed E-state index contributed by atoms with van der Waals surface area (Å²) < 4.78 is 0. The molecule has 1 amide bonds. The molecule has 0 saturated carbocycles. The van der Waals surface area contributed by atoms with Crippen molar-refractivity contribution in [3.05, 3.63) is 30.1 Å². The smallest absolute Gasteiger partial charge is 0.236 e. The second-order valence-electron chi connectivity index (χ2n) is 4.90. The maximum Gasteiger partial charge on any atom is 0.236 e. The van der Waals surface area contributed by atoms with Gasteiger partial charge in [-0.25, -0.2) is 0 Å². The van der Waals surface area contributed by atoms with E-state index >= 15 is 0 Å². The lowest BCUT2D eigenvalue weighted by Crippen LogP contribution is -2.38. The van der Waals surface area contributed by atoms with E-state index in [9.17, 15) is 4.79 Å². The average molecular weight is 247 g/mol. The van der Waals surface area contributed by atoms with Gasteiger partial charge in [-0.3, -0.25) is 14.7 Å². The van der Waals surface area contributed by atoms with Crippen LogP contribution in [0.25, 0.3) is 0 Å². The number of hydrogen-bond donors (Lipinski definition) is 0. The molecule has 0 bridgehead atoms. The highest BCUT2D eigenvalue weighted by molar-refractivity contribution is 5.78. The van der Waals surface area contributed by atoms with E-state index in [1.54, 1.807) is 12.4 Å². The Morgan fingerprint density at radius 2 is 2.00 bits per heavy atom. The van der Waals surface area contributed by atoms with Crippen LogP contribution in [0.2, 0.25) is 0 Å². The molecule has 1 aliphatic heterocycles. The maximum atomic E-state index is 12.0. The number of amides is 1. The largest absolute Gasteiger partial charge is 0.344 e. The van der Waals surface area contributed by atoms with Crippen molar-refractivity contribution < 1.29 is 4.79 Å². The van der Waals surface area contributed by atoms with Crippen LogP contribution in [-0.4, -0.2) is 53.9 Å². The van der Waals surface area contributed by atoms with E-state index in [1.165, 1.54) is 18.4 Å². The summed E-state index contributed by atoms with van der Waals surface area (Å²) in [5.74, 6) is 0.228. The highest BCUT2D eigenvalue weighted by Gasteiger charge is 2.17. The Balaban J connectivity index is 1.73. The molecule has 0 atom stereocenters. The molecule has 1 aromatic heterocycles. The topological polar surface area (TPSA) is 36.4 Å². The lowest BCUT2D eigenvalue weighted by atomic mass is 10.2. The van der Waals surface area contributed by atoms with Crippen LogP contribution in [0.15, 0.2) is 24.5 Å². The number of carbonyl (C=O) groups excluding carboxylic acids is 1. The van der Waals surface area contributed by atoms with Gasteiger partial charge < -0.3 is 4.90 Å². The molecule has 0 aliphatic carbocycles. The summed E-state index contributed by atoms with van der Waals surface area (Å²) in [6.45, 7) is 3.50. The van der Waals surface area contributed by atoms with E-state index in [4.69, 9.17) is 0 Å². The summed E-state index contributed by atoms with van der Waals surface area (Å²) >= 11 is 0. The molecule has 1 aromatic rings. The molecule has 4 nitrogen and oxygen atoms in total. The van der Waals surface area contributed by atoms with Crippen molar-refractivity contribution in [2.75, 3.05) is 33.2 Å². The van der Waals surface area contributed by atoms with Gasteiger partial charge in [0.2, 0.25) is 5.91 Å². The third kappa shape index (κ3) is 3.81. The van der Waals surface area contributed by atoms with Gasteiger partial charge in [-0.2, -0.15) is 0 Å². The van der Waals surface area contributed by atoms with Crippen LogP contribution >= 0.6 is 0 Å². The van der Waals surface area contributed by atoms with Crippen molar-refractivity contribution in [3.8, 4) is 0 Å². The van der Waals surface area contributed by atoms with Gasteiger partial charge in [0.25, 0.3) is 0 Å². The second kappa shape index (κ2) is 6.50. The zero-order chi connectivity index (χ0) is 12.8. The molecular formula is C14H21N3O. The van der Waals surface area contributed by atoms with Gasteiger partial charge in [0.1, 0.15) is 0 Å². The molecule has 0 aromatic carbocycles. The molecule has 0 radical (unpaired) electrons. The minimum Gasteiger partial charge on any atom is -0.344 e. The number of hydrogen-bond acceptors (Lipinski definition) is 3. The van der Waals surface area contributed by atoms with Gasteiger partial charge in [-0.1, -0.05) is 0 Å². The van der Waals surface area contributed by atoms with E-state index in [-0.39, 0.29) is 5.91 Å². The first-order chi connectivity index (χ1) is 8.75. The van der Waals surface area contributed by atoms with E-state index in [0.29, 0.717) is 6.54 Å². The third-order valence-electron chi connectivity index (χ3n) is 3.47. The average Bonchev–Trinajstić information content (AvgIpc) is 2.90. The minimum absolute atomic E-state index is 0.228. The molecule has 0 N–H and O–H groups in total. The number of pyridine rings is 1. The van der Waals surface area contributed by atoms with Crippen molar-refractivity contribution in [2.45, 2.75) is 19.3 Å². The first-order valence-corrected chi connectivity index (χ1v) is 6.61. The van der Waals surface area contributed by atoms with Crippen molar-refractivity contribution >= 4 is 5.91 Å². The van der Waals surface area contributed by atoms with Crippen LogP contribution in [0.4, 0.5) is 0 Å². The molecule has 0 spiro atoms. The monoisotopic (exact) mass is 247 g/mol. The maximum absolute atomic E-state index is 12.0. The van der Waals surface area contributed by atoms with Crippen molar-refractivity contribution in [2.24, 2.45) is 0 Å². The van der Waals surface area contributed by atoms with Gasteiger partial charge in [-0.05, 0) is 50.0 Å². The molecule has 2 heterocycles. The number of nitrogens with zero attached hydrogens (tertiary/aromatic N) is 3. The fraction of sp³-hybridized carbons (Fsp3) is 0.571. The number of likely N-dealkylation sites (tertiary alicyclic amines) is 1. The lowest BCUT2D eigenvalue weighted by Gasteiger charge is -2.21. The Morgan fingerprint density at radius 1 is 1.33 bits per heavy atom. The van der Waals surface area contributed by atoms with Crippen LogP contribution < -0.4 is 0 Å². The van der Waals surface area contributed by atoms with Crippen molar-refractivity contribution in [1.82, 2.24) is 14.8 Å². The molecule has 1 fully saturated rings. The Bertz CT molecular complexity index is 374. The SMILES string of the molecule is CN(CCc1ccncc1)C(=O)CN1CCCC1. The first kappa shape index (κ1) is 13.0. The predicted octanol–water partition coefficient (Wildman–Crippen LogP) is 1.18. The predicted molar refractivity (Wildman–Crippen MR) is 71.3 cm³/mol. The molecule has 4 heteroatoms. The quantitative estimate of drug-likeness (QED) is 0.784. The second-order valence-corrected chi connectivity index (χ2v) is 4.90. The fourth-order valence-corrected chi connectivity index (χ4v) is 2.22. The van der Waals surface area contributed by atoms with Gasteiger partial charge >= 0.3 is 0 Å². The summed E-state index contributed by atoms with van der Waals surface area (Å²) in [7, 11) is 1.89. The standard InChI is InChI=1S/C14H21N3O/c1-16(11-6-13-4-7-15-8-5-13)14(18)12-17-9-2-3-10-17/h4-5,7-8H,2-3,6,9-12H2,1H3. The number of rotatable bonds is 5. The van der Waals surface area contributed by atoms with Gasteiger partial charge in [0.05, 0.1) is 6.54 Å². The Kier molecular flexibility index (Phi) is 4.70. The molecule has 1 saturated heterocycles. The first-order valence-electron chi connectivity index (χ1n) is 6.61. The summed E-state index contributed by atoms with van der Waals surface area (Å²) in [5.41, 5.74) is 1.23. The zero-order valence-corrected chi connectivity index (χ0v) is 11.0. The summed E-state index contributed by atoms with van der Waals surface area (Å²) in [5, 5.41) is 0. The van der Waals surface area contributed by atoms with Crippen LogP contribution in [0.5, 0.6) is 0 Å². The summed E-state index contributed by atoms with van der Waals surface area (Å²) in [6, 6.07) is 4.00. The van der Waals surface area contributed by atoms with Gasteiger partial charge in [0, 0.05) is 26.0 Å². The number of aromatic nitrogens is 1. The van der Waals surface area contributed by atoms with Gasteiger partial charge in [-0.15, -0.1) is 0 Å². The number of carbonyl (C=O) groups is 1. The molecule has 0 unspecified atom stereocenters. The Morgan fingerprint density at radius 3 is 2.67 bits per heavy atom. The van der Waals surface area contributed by atoms with E-state index in [2.05, 4.69) is 9.88 Å². The highest BCUT2D eigenvalue weighted by Crippen LogP contribution is 2.07. The molecule has 1 aliphatic rings. The minimum atomic E-state index is 0.228. The van der Waals surface area contributed by atoms with Crippen LogP contribution in [0.1, 0.15) is 18.4 Å². The summed E-state index contributed by atoms with van der Waals surface area (Å²) in [6.07, 6.45) is 6.94. The normalized spacial score (nSPS) is 15.8. The van der Waals surface area contributed by atoms with E-state index in [1.807, 2.05) is 24.1 Å². The van der Waals surface area contributed by atoms with E-state index in [0.717, 1.165) is 26.1 Å². The molecule has 98 valence electrons. The third-order valence-corrected chi connectivity index (χ3v) is 3.47. The highest BCUT2D eigenvalue weighted by atomic mass is 16.2. The Labute approximate surface area is 109 Å². The van der Waals surface area contributed by atoms with Crippen LogP contribution in [0.3, 0.4) is 0 Å². The molecule has 2 rings (SSSR count). The van der Waals surface area contributed by atoms with Crippen molar-refractivity contribution in [1.29, 1.82) is 0 Å².